The predicted octanol–water partition coefficient (Wildman–Crippen LogP) is 1.88. The van der Waals surface area contributed by atoms with E-state index in [1.54, 1.807) is 27.7 Å². The minimum atomic E-state index is -1.95. The van der Waals surface area contributed by atoms with Gasteiger partial charge in [0.2, 0.25) is 0 Å². The van der Waals surface area contributed by atoms with E-state index in [0.717, 1.165) is 12.1 Å². The van der Waals surface area contributed by atoms with Crippen LogP contribution in [-0.2, 0) is 9.47 Å². The van der Waals surface area contributed by atoms with Crippen molar-refractivity contribution in [3.63, 3.8) is 0 Å². The van der Waals surface area contributed by atoms with E-state index in [1.165, 1.54) is 6.07 Å². The number of aromatic hydroxyl groups is 3. The molecule has 12 nitrogen and oxygen atoms in total. The molecule has 5 aliphatic rings. The number of Topliss-reactive ketones (excluding diaryl/α,β-unsaturated/α-hetero) is 3. The molecule has 42 heavy (non-hydrogen) atoms. The van der Waals surface area contributed by atoms with Crippen molar-refractivity contribution >= 4 is 17.3 Å². The highest BCUT2D eigenvalue weighted by Crippen LogP contribution is 2.60. The van der Waals surface area contributed by atoms with E-state index in [2.05, 4.69) is 0 Å². The predicted molar refractivity (Wildman–Crippen MR) is 140 cm³/mol. The molecule has 0 bridgehead atoms. The molecule has 0 amide bonds. The minimum absolute atomic E-state index is 0.0202. The largest absolute Gasteiger partial charge is 0.508 e. The second kappa shape index (κ2) is 8.54. The fraction of sp³-hybridized carbons (Fsp3) is 0.433. The van der Waals surface area contributed by atoms with Crippen LogP contribution in [-0.4, -0.2) is 85.1 Å². The van der Waals surface area contributed by atoms with Crippen molar-refractivity contribution in [2.24, 2.45) is 5.92 Å². The van der Waals surface area contributed by atoms with E-state index < -0.39 is 83.1 Å². The molecule has 1 fully saturated rings. The van der Waals surface area contributed by atoms with Gasteiger partial charge in [-0.1, -0.05) is 0 Å². The highest BCUT2D eigenvalue weighted by atomic mass is 16.6. The van der Waals surface area contributed by atoms with Gasteiger partial charge in [0.15, 0.2) is 40.6 Å². The van der Waals surface area contributed by atoms with E-state index in [9.17, 15) is 39.9 Å². The van der Waals surface area contributed by atoms with Crippen LogP contribution in [0.1, 0.15) is 70.4 Å². The summed E-state index contributed by atoms with van der Waals surface area (Å²) in [4.78, 5) is 41.8. The lowest BCUT2D eigenvalue weighted by atomic mass is 9.62. The van der Waals surface area contributed by atoms with Crippen LogP contribution in [0, 0.1) is 5.92 Å². The van der Waals surface area contributed by atoms with Gasteiger partial charge < -0.3 is 44.5 Å². The second-order valence-electron chi connectivity index (χ2n) is 11.6. The van der Waals surface area contributed by atoms with Gasteiger partial charge in [-0.25, -0.2) is 0 Å². The molecule has 9 atom stereocenters. The molecule has 0 saturated carbocycles. The van der Waals surface area contributed by atoms with Crippen LogP contribution in [0.3, 0.4) is 0 Å². The first kappa shape index (κ1) is 26.9. The monoisotopic (exact) mass is 580 g/mol. The second-order valence-corrected chi connectivity index (χ2v) is 11.6. The molecule has 12 heteroatoms. The summed E-state index contributed by atoms with van der Waals surface area (Å²) < 4.78 is 24.4. The molecular formula is C30H28O12. The Morgan fingerprint density at radius 2 is 1.43 bits per heavy atom. The molecule has 7 rings (SSSR count). The van der Waals surface area contributed by atoms with Gasteiger partial charge in [0.1, 0.15) is 29.5 Å². The van der Waals surface area contributed by atoms with Crippen LogP contribution in [0.4, 0.5) is 0 Å². The summed E-state index contributed by atoms with van der Waals surface area (Å²) in [6.45, 7) is 6.29. The fourth-order valence-corrected chi connectivity index (χ4v) is 7.46. The first-order chi connectivity index (χ1) is 19.8. The van der Waals surface area contributed by atoms with E-state index in [4.69, 9.17) is 18.9 Å². The van der Waals surface area contributed by atoms with E-state index in [0.29, 0.717) is 0 Å². The summed E-state index contributed by atoms with van der Waals surface area (Å²) in [5.41, 5.74) is -3.13. The number of carbonyl (C=O) groups excluding carboxylic acids is 3. The van der Waals surface area contributed by atoms with E-state index >= 15 is 0 Å². The van der Waals surface area contributed by atoms with Crippen molar-refractivity contribution in [2.75, 3.05) is 0 Å². The van der Waals surface area contributed by atoms with Gasteiger partial charge in [-0.15, -0.1) is 0 Å². The number of benzene rings is 2. The van der Waals surface area contributed by atoms with Gasteiger partial charge in [0, 0.05) is 28.8 Å². The zero-order valence-electron chi connectivity index (χ0n) is 22.9. The Labute approximate surface area is 238 Å². The van der Waals surface area contributed by atoms with Crippen LogP contribution >= 0.6 is 0 Å². The minimum Gasteiger partial charge on any atom is -0.508 e. The Morgan fingerprint density at radius 3 is 2.14 bits per heavy atom. The zero-order valence-corrected chi connectivity index (χ0v) is 22.9. The molecule has 220 valence electrons. The summed E-state index contributed by atoms with van der Waals surface area (Å²) in [6.07, 6.45) is -7.77. The SMILES string of the molecule is CC1OC(C)C(O)C2=C1C(=O)c1c(O)cc3c(c1C2=O)OC12C(O3)c3cc(O)cc(O)c3C(=O)C1C(C)OC(C)C2O. The molecular weight excluding hydrogens is 552 g/mol. The summed E-state index contributed by atoms with van der Waals surface area (Å²) in [5, 5.41) is 54.7. The number of hydrogen-bond acceptors (Lipinski definition) is 12. The molecule has 9 unspecified atom stereocenters. The van der Waals surface area contributed by atoms with Crippen molar-refractivity contribution < 1.29 is 58.9 Å². The van der Waals surface area contributed by atoms with Crippen molar-refractivity contribution in [3.8, 4) is 28.7 Å². The number of phenolic OH excluding ortho intramolecular Hbond substituents is 3. The Bertz CT molecular complexity index is 1660. The third-order valence-electron chi connectivity index (χ3n) is 9.19. The Hall–Kier alpha value is -3.97. The summed E-state index contributed by atoms with van der Waals surface area (Å²) >= 11 is 0. The topological polar surface area (TPSA) is 189 Å². The molecule has 3 aliphatic heterocycles. The first-order valence-corrected chi connectivity index (χ1v) is 13.7. The number of hydrogen-bond donors (Lipinski definition) is 5. The lowest BCUT2D eigenvalue weighted by molar-refractivity contribution is -0.257. The highest BCUT2D eigenvalue weighted by Gasteiger charge is 2.69. The maximum Gasteiger partial charge on any atom is 0.197 e. The average molecular weight is 581 g/mol. The van der Waals surface area contributed by atoms with E-state index in [-0.39, 0.29) is 50.6 Å². The Kier molecular flexibility index (Phi) is 5.47. The van der Waals surface area contributed by atoms with Crippen molar-refractivity contribution in [1.82, 2.24) is 0 Å². The Balaban J connectivity index is 1.51. The summed E-state index contributed by atoms with van der Waals surface area (Å²) in [5.74, 6) is -5.42. The van der Waals surface area contributed by atoms with E-state index in [1.807, 2.05) is 0 Å². The molecule has 1 spiro atoms. The van der Waals surface area contributed by atoms with Crippen LogP contribution < -0.4 is 9.47 Å². The molecule has 0 radical (unpaired) electrons. The van der Waals surface area contributed by atoms with Gasteiger partial charge in [-0.2, -0.15) is 0 Å². The zero-order chi connectivity index (χ0) is 30.2. The molecule has 3 heterocycles. The van der Waals surface area contributed by atoms with Crippen molar-refractivity contribution in [1.29, 1.82) is 0 Å². The standard InChI is InChI=1S/C30H28O12/c1-8-17-20(23(34)10(3)39-8)25(36)21-19(24(17)35)15(33)7-16-27(21)42-30-22(9(2)40-11(4)28(30)38)26(37)18-13(29(30)41-16)5-12(31)6-14(18)32/h5-11,22-23,28-29,31-34,38H,1-4H3. The fourth-order valence-electron chi connectivity index (χ4n) is 7.46. The number of ether oxygens (including phenoxy) is 4. The number of fused-ring (bicyclic) bond motifs is 5. The average Bonchev–Trinajstić information content (AvgIpc) is 2.90. The molecule has 0 aromatic heterocycles. The quantitative estimate of drug-likeness (QED) is 0.305. The molecule has 1 saturated heterocycles. The van der Waals surface area contributed by atoms with Gasteiger partial charge in [-0.05, 0) is 33.8 Å². The number of carbonyl (C=O) groups is 3. The van der Waals surface area contributed by atoms with Crippen LogP contribution in [0.2, 0.25) is 0 Å². The van der Waals surface area contributed by atoms with Gasteiger partial charge in [0.05, 0.1) is 47.0 Å². The summed E-state index contributed by atoms with van der Waals surface area (Å²) in [6, 6.07) is 3.32. The molecule has 2 aromatic carbocycles. The Morgan fingerprint density at radius 1 is 0.762 bits per heavy atom. The third kappa shape index (κ3) is 3.12. The molecule has 2 aromatic rings. The third-order valence-corrected chi connectivity index (χ3v) is 9.19. The van der Waals surface area contributed by atoms with Gasteiger partial charge in [-0.3, -0.25) is 14.4 Å². The number of phenols is 3. The maximum atomic E-state index is 14.1. The first-order valence-electron chi connectivity index (χ1n) is 13.7. The lowest BCUT2D eigenvalue weighted by Crippen LogP contribution is -2.72. The van der Waals surface area contributed by atoms with Gasteiger partial charge in [0.25, 0.3) is 0 Å². The number of ketones is 3. The number of rotatable bonds is 0. The van der Waals surface area contributed by atoms with Gasteiger partial charge >= 0.3 is 0 Å². The summed E-state index contributed by atoms with van der Waals surface area (Å²) in [7, 11) is 0. The van der Waals surface area contributed by atoms with Crippen molar-refractivity contribution in [2.45, 2.75) is 76.0 Å². The number of aliphatic hydroxyl groups excluding tert-OH is 2. The van der Waals surface area contributed by atoms with Crippen LogP contribution in [0.15, 0.2) is 29.3 Å². The number of aliphatic hydroxyl groups is 2. The molecule has 5 N–H and O–H groups in total. The highest BCUT2D eigenvalue weighted by molar-refractivity contribution is 6.30. The molecule has 2 aliphatic carbocycles. The lowest BCUT2D eigenvalue weighted by Gasteiger charge is -2.58. The van der Waals surface area contributed by atoms with Crippen molar-refractivity contribution in [3.05, 3.63) is 51.6 Å². The normalized spacial score (nSPS) is 36.5. The van der Waals surface area contributed by atoms with Crippen LogP contribution in [0.25, 0.3) is 0 Å². The van der Waals surface area contributed by atoms with Crippen LogP contribution in [0.5, 0.6) is 28.7 Å². The smallest absolute Gasteiger partial charge is 0.197 e. The maximum absolute atomic E-state index is 14.1.